The maximum absolute atomic E-state index is 13.0. The van der Waals surface area contributed by atoms with Crippen LogP contribution in [0, 0.1) is 0 Å². The molecule has 1 saturated heterocycles. The third kappa shape index (κ3) is 27.5. The van der Waals surface area contributed by atoms with Crippen molar-refractivity contribution < 1.29 is 81.4 Å². The molecule has 0 spiro atoms. The van der Waals surface area contributed by atoms with E-state index >= 15 is 0 Å². The first-order valence-electron chi connectivity index (χ1n) is 21.1. The van der Waals surface area contributed by atoms with Crippen molar-refractivity contribution >= 4 is 16.3 Å². The van der Waals surface area contributed by atoms with Gasteiger partial charge >= 0.3 is 29.6 Å². The second-order valence-electron chi connectivity index (χ2n) is 14.9. The summed E-state index contributed by atoms with van der Waals surface area (Å²) in [5.41, 5.74) is 0. The Hall–Kier alpha value is -0.160. The van der Waals surface area contributed by atoms with Crippen LogP contribution in [0.2, 0.25) is 0 Å². The molecular formula is C40H76NNaO11S. The number of aliphatic hydroxyl groups is 4. The van der Waals surface area contributed by atoms with E-state index in [1.165, 1.54) is 109 Å². The summed E-state index contributed by atoms with van der Waals surface area (Å²) in [6.45, 7) is 3.32. The molecule has 0 aromatic heterocycles. The van der Waals surface area contributed by atoms with E-state index in [1.807, 2.05) is 6.08 Å². The van der Waals surface area contributed by atoms with Crippen LogP contribution in [0.1, 0.15) is 181 Å². The maximum atomic E-state index is 13.0. The number of unbranched alkanes of at least 4 members (excludes halogenated alkanes) is 23. The van der Waals surface area contributed by atoms with Gasteiger partial charge in [0.15, 0.2) is 12.4 Å². The second-order valence-corrected chi connectivity index (χ2v) is 15.9. The molecule has 0 unspecified atom stereocenters. The zero-order valence-corrected chi connectivity index (χ0v) is 36.9. The number of hydrogen-bond donors (Lipinski definition) is 5. The van der Waals surface area contributed by atoms with Crippen LogP contribution in [-0.2, 0) is 28.9 Å². The van der Waals surface area contributed by atoms with Crippen molar-refractivity contribution in [2.45, 2.75) is 224 Å². The van der Waals surface area contributed by atoms with Gasteiger partial charge in [0.25, 0.3) is 0 Å². The molecule has 1 heterocycles. The van der Waals surface area contributed by atoms with E-state index in [-0.39, 0.29) is 41.9 Å². The van der Waals surface area contributed by atoms with Gasteiger partial charge in [0, 0.05) is 6.42 Å². The average Bonchev–Trinajstić information content (AvgIpc) is 3.12. The van der Waals surface area contributed by atoms with E-state index in [0.29, 0.717) is 6.42 Å². The molecule has 0 bridgehead atoms. The first-order chi connectivity index (χ1) is 25.5. The number of aliphatic hydroxyl groups excluding tert-OH is 4. The number of carbonyl (C=O) groups is 1. The Kier molecular flexibility index (Phi) is 34.7. The number of ether oxygens (including phenoxy) is 2. The molecule has 314 valence electrons. The van der Waals surface area contributed by atoms with Crippen LogP contribution in [-0.4, -0.2) is 95.4 Å². The van der Waals surface area contributed by atoms with Gasteiger partial charge in [0.05, 0.1) is 25.4 Å². The van der Waals surface area contributed by atoms with E-state index in [1.54, 1.807) is 6.08 Å². The number of nitrogens with one attached hydrogen (secondary N) is 1. The number of carbonyl (C=O) groups excluding carboxylic acids is 1. The van der Waals surface area contributed by atoms with Crippen molar-refractivity contribution in [1.29, 1.82) is 0 Å². The fourth-order valence-electron chi connectivity index (χ4n) is 6.73. The molecule has 0 aromatic carbocycles. The number of allylic oxidation sites excluding steroid dienone is 1. The van der Waals surface area contributed by atoms with Crippen LogP contribution in [0.5, 0.6) is 0 Å². The number of rotatable bonds is 35. The zero-order chi connectivity index (χ0) is 39.2. The van der Waals surface area contributed by atoms with Crippen molar-refractivity contribution in [2.24, 2.45) is 0 Å². The van der Waals surface area contributed by atoms with Gasteiger partial charge < -0.3 is 39.8 Å². The summed E-state index contributed by atoms with van der Waals surface area (Å²) in [5, 5.41) is 44.1. The molecule has 0 aliphatic carbocycles. The van der Waals surface area contributed by atoms with Crippen LogP contribution >= 0.6 is 0 Å². The Balaban J connectivity index is 0.0000281. The van der Waals surface area contributed by atoms with Crippen molar-refractivity contribution in [3.05, 3.63) is 12.2 Å². The largest absolute Gasteiger partial charge is 1.00 e. The molecule has 0 radical (unpaired) electrons. The molecule has 1 amide bonds. The predicted molar refractivity (Wildman–Crippen MR) is 207 cm³/mol. The summed E-state index contributed by atoms with van der Waals surface area (Å²) in [6.07, 6.45) is 23.5. The van der Waals surface area contributed by atoms with Crippen LogP contribution < -0.4 is 34.9 Å². The maximum Gasteiger partial charge on any atom is 1.00 e. The summed E-state index contributed by atoms with van der Waals surface area (Å²) < 4.78 is 49.7. The molecule has 0 aromatic rings. The van der Waals surface area contributed by atoms with Crippen LogP contribution in [0.3, 0.4) is 0 Å². The molecule has 5 N–H and O–H groups in total. The first kappa shape index (κ1) is 53.8. The molecule has 1 rings (SSSR count). The minimum Gasteiger partial charge on any atom is -0.726 e. The Morgan fingerprint density at radius 1 is 0.759 bits per heavy atom. The van der Waals surface area contributed by atoms with Crippen LogP contribution in [0.4, 0.5) is 0 Å². The molecule has 12 nitrogen and oxygen atoms in total. The smallest absolute Gasteiger partial charge is 0.726 e. The van der Waals surface area contributed by atoms with Crippen LogP contribution in [0.15, 0.2) is 12.2 Å². The Morgan fingerprint density at radius 3 is 1.65 bits per heavy atom. The van der Waals surface area contributed by atoms with Crippen LogP contribution in [0.25, 0.3) is 0 Å². The average molecular weight is 802 g/mol. The number of amides is 1. The standard InChI is InChI=1S/C40H77NO11S.Na/c1-3-5-7-9-11-13-15-17-19-21-23-25-27-29-34(43)33(32-50-40-39(52-53(47,48)49)38(46)37(45)35(31-42)51-40)41-36(44)30-28-26-24-22-20-18-16-14-12-10-8-6-4-2;/h27,29,33-35,37-40,42-43,45-46H,3-26,28,30-32H2,1-2H3,(H,41,44)(H,47,48,49);/q;+1/p-1/b29-27+;/t33-,34+,35-,37+,38-,39-,40+;/m0./s1. The third-order valence-electron chi connectivity index (χ3n) is 10.1. The van der Waals surface area contributed by atoms with E-state index in [4.69, 9.17) is 9.47 Å². The van der Waals surface area contributed by atoms with E-state index in [0.717, 1.165) is 44.9 Å². The fraction of sp³-hybridized carbons (Fsp3) is 0.925. The quantitative estimate of drug-likeness (QED) is 0.0205. The molecule has 54 heavy (non-hydrogen) atoms. The van der Waals surface area contributed by atoms with Gasteiger partial charge in [-0.2, -0.15) is 0 Å². The molecular weight excluding hydrogens is 725 g/mol. The fourth-order valence-corrected chi connectivity index (χ4v) is 7.21. The third-order valence-corrected chi connectivity index (χ3v) is 10.5. The van der Waals surface area contributed by atoms with Gasteiger partial charge in [-0.05, 0) is 19.3 Å². The van der Waals surface area contributed by atoms with Gasteiger partial charge in [0.2, 0.25) is 16.3 Å². The monoisotopic (exact) mass is 802 g/mol. The SMILES string of the molecule is CCCCCCCCCCCCC/C=C/[C@@H](O)[C@H](CO[C@@H]1O[C@@H](CO)[C@@H](O)[C@H](O)[C@@H]1OS(=O)(=O)[O-])NC(=O)CCCCCCCCCCCCCCC.[Na+]. The molecule has 14 heteroatoms. The van der Waals surface area contributed by atoms with E-state index in [2.05, 4.69) is 23.3 Å². The minimum atomic E-state index is -5.34. The van der Waals surface area contributed by atoms with Gasteiger partial charge in [0.1, 0.15) is 18.3 Å². The van der Waals surface area contributed by atoms with E-state index in [9.17, 15) is 38.2 Å². The van der Waals surface area contributed by atoms with Crippen molar-refractivity contribution in [1.82, 2.24) is 5.32 Å². The van der Waals surface area contributed by atoms with Crippen molar-refractivity contribution in [3.8, 4) is 0 Å². The molecule has 1 aliphatic rings. The Bertz CT molecular complexity index is 1020. The van der Waals surface area contributed by atoms with Gasteiger partial charge in [-0.1, -0.05) is 167 Å². The van der Waals surface area contributed by atoms with E-state index < -0.39 is 66.5 Å². The number of hydrogen-bond acceptors (Lipinski definition) is 11. The Morgan fingerprint density at radius 2 is 1.20 bits per heavy atom. The van der Waals surface area contributed by atoms with Gasteiger partial charge in [-0.3, -0.25) is 8.98 Å². The topological polar surface area (TPSA) is 195 Å². The summed E-state index contributed by atoms with van der Waals surface area (Å²) in [4.78, 5) is 13.0. The second kappa shape index (κ2) is 34.8. The minimum absolute atomic E-state index is 0. The molecule has 1 fully saturated rings. The van der Waals surface area contributed by atoms with Crippen molar-refractivity contribution in [3.63, 3.8) is 0 Å². The summed E-state index contributed by atoms with van der Waals surface area (Å²) in [5.74, 6) is -0.289. The summed E-state index contributed by atoms with van der Waals surface area (Å²) in [6, 6.07) is -0.984. The zero-order valence-electron chi connectivity index (χ0n) is 34.0. The summed E-state index contributed by atoms with van der Waals surface area (Å²) in [7, 11) is -5.34. The normalized spacial score (nSPS) is 21.6. The van der Waals surface area contributed by atoms with Gasteiger partial charge in [-0.25, -0.2) is 8.42 Å². The summed E-state index contributed by atoms with van der Waals surface area (Å²) >= 11 is 0. The first-order valence-corrected chi connectivity index (χ1v) is 22.4. The molecule has 0 saturated carbocycles. The predicted octanol–water partition coefficient (Wildman–Crippen LogP) is 3.88. The molecule has 7 atom stereocenters. The Labute approximate surface area is 350 Å². The van der Waals surface area contributed by atoms with Crippen molar-refractivity contribution in [2.75, 3.05) is 13.2 Å². The molecule has 1 aliphatic heterocycles. The van der Waals surface area contributed by atoms with Gasteiger partial charge in [-0.15, -0.1) is 0 Å².